The van der Waals surface area contributed by atoms with E-state index in [1.54, 1.807) is 13.2 Å². The predicted molar refractivity (Wildman–Crippen MR) is 101 cm³/mol. The highest BCUT2D eigenvalue weighted by Gasteiger charge is 2.18. The molecule has 0 spiro atoms. The van der Waals surface area contributed by atoms with Gasteiger partial charge in [0.15, 0.2) is 5.75 Å². The fraction of sp³-hybridized carbons (Fsp3) is 0.476. The van der Waals surface area contributed by atoms with Gasteiger partial charge in [-0.1, -0.05) is 6.42 Å². The molecule has 0 aliphatic heterocycles. The zero-order valence-electron chi connectivity index (χ0n) is 15.6. The van der Waals surface area contributed by atoms with Crippen molar-refractivity contribution < 1.29 is 14.2 Å². The fourth-order valence-electron chi connectivity index (χ4n) is 3.32. The molecule has 5 heteroatoms. The Morgan fingerprint density at radius 1 is 1.04 bits per heavy atom. The second-order valence-electron chi connectivity index (χ2n) is 6.69. The van der Waals surface area contributed by atoms with E-state index < -0.39 is 0 Å². The molecule has 1 aliphatic rings. The molecule has 0 radical (unpaired) electrons. The Morgan fingerprint density at radius 3 is 2.42 bits per heavy atom. The van der Waals surface area contributed by atoms with Crippen LogP contribution in [0.1, 0.15) is 37.8 Å². The van der Waals surface area contributed by atoms with Gasteiger partial charge in [-0.05, 0) is 56.9 Å². The number of nitrogens with zero attached hydrogens (tertiary/aromatic N) is 1. The summed E-state index contributed by atoms with van der Waals surface area (Å²) in [5.41, 5.74) is 0.821. The summed E-state index contributed by atoms with van der Waals surface area (Å²) in [6.07, 6.45) is 7.67. The lowest BCUT2D eigenvalue weighted by molar-refractivity contribution is 0.150. The van der Waals surface area contributed by atoms with Crippen LogP contribution >= 0.6 is 0 Å². The standard InChI is InChI=1S/C21H27NO4/c1-16-21(26-19-6-4-3-5-7-19)20(23)12-13-22(16)14-15-25-18-10-8-17(24-2)9-11-18/h8-13,19H,3-7,14-15H2,1-2H3. The molecule has 1 aromatic heterocycles. The van der Waals surface area contributed by atoms with Gasteiger partial charge in [0, 0.05) is 12.3 Å². The van der Waals surface area contributed by atoms with Crippen molar-refractivity contribution in [3.63, 3.8) is 0 Å². The second-order valence-corrected chi connectivity index (χ2v) is 6.69. The van der Waals surface area contributed by atoms with E-state index >= 15 is 0 Å². The molecule has 1 saturated carbocycles. The van der Waals surface area contributed by atoms with Crippen LogP contribution in [0.5, 0.6) is 17.2 Å². The second kappa shape index (κ2) is 8.79. The molecule has 0 saturated heterocycles. The van der Waals surface area contributed by atoms with E-state index in [-0.39, 0.29) is 11.5 Å². The number of ether oxygens (including phenoxy) is 3. The molecule has 26 heavy (non-hydrogen) atoms. The molecule has 2 aromatic rings. The molecule has 5 nitrogen and oxygen atoms in total. The van der Waals surface area contributed by atoms with Crippen molar-refractivity contribution in [2.75, 3.05) is 13.7 Å². The number of hydrogen-bond acceptors (Lipinski definition) is 4. The first kappa shape index (κ1) is 18.4. The van der Waals surface area contributed by atoms with Gasteiger partial charge in [-0.3, -0.25) is 4.79 Å². The lowest BCUT2D eigenvalue weighted by Gasteiger charge is -2.24. The minimum absolute atomic E-state index is 0.0413. The molecule has 0 unspecified atom stereocenters. The molecule has 0 bridgehead atoms. The highest BCUT2D eigenvalue weighted by atomic mass is 16.5. The topological polar surface area (TPSA) is 49.7 Å². The molecular weight excluding hydrogens is 330 g/mol. The highest BCUT2D eigenvalue weighted by Crippen LogP contribution is 2.23. The molecule has 0 N–H and O–H groups in total. The van der Waals surface area contributed by atoms with Crippen LogP contribution in [0.15, 0.2) is 41.3 Å². The van der Waals surface area contributed by atoms with E-state index in [0.29, 0.717) is 18.9 Å². The molecule has 1 heterocycles. The number of pyridine rings is 1. The summed E-state index contributed by atoms with van der Waals surface area (Å²) in [4.78, 5) is 12.2. The monoisotopic (exact) mass is 357 g/mol. The maximum atomic E-state index is 12.2. The minimum atomic E-state index is -0.0413. The third kappa shape index (κ3) is 4.59. The smallest absolute Gasteiger partial charge is 0.223 e. The molecule has 0 atom stereocenters. The minimum Gasteiger partial charge on any atom is -0.497 e. The summed E-state index contributed by atoms with van der Waals surface area (Å²) in [5.74, 6) is 2.09. The van der Waals surface area contributed by atoms with Gasteiger partial charge in [0.25, 0.3) is 0 Å². The highest BCUT2D eigenvalue weighted by molar-refractivity contribution is 5.31. The van der Waals surface area contributed by atoms with Crippen LogP contribution in [0.3, 0.4) is 0 Å². The normalized spacial score (nSPS) is 14.8. The Bertz CT molecular complexity index is 761. The maximum absolute atomic E-state index is 12.2. The first-order valence-electron chi connectivity index (χ1n) is 9.31. The van der Waals surface area contributed by atoms with E-state index in [0.717, 1.165) is 30.0 Å². The average Bonchev–Trinajstić information content (AvgIpc) is 2.68. The van der Waals surface area contributed by atoms with E-state index in [9.17, 15) is 4.79 Å². The zero-order chi connectivity index (χ0) is 18.4. The van der Waals surface area contributed by atoms with E-state index in [1.165, 1.54) is 19.3 Å². The van der Waals surface area contributed by atoms with Crippen LogP contribution < -0.4 is 19.6 Å². The van der Waals surface area contributed by atoms with Gasteiger partial charge in [0.05, 0.1) is 25.5 Å². The fourth-order valence-corrected chi connectivity index (χ4v) is 3.32. The Balaban J connectivity index is 1.62. The van der Waals surface area contributed by atoms with Crippen molar-refractivity contribution in [3.8, 4) is 17.2 Å². The van der Waals surface area contributed by atoms with E-state index in [1.807, 2.05) is 42.0 Å². The maximum Gasteiger partial charge on any atom is 0.223 e. The van der Waals surface area contributed by atoms with Crippen molar-refractivity contribution >= 4 is 0 Å². The predicted octanol–water partition coefficient (Wildman–Crippen LogP) is 3.96. The van der Waals surface area contributed by atoms with Crippen molar-refractivity contribution in [2.24, 2.45) is 0 Å². The van der Waals surface area contributed by atoms with Crippen LogP contribution in [0.25, 0.3) is 0 Å². The molecule has 1 aliphatic carbocycles. The molecule has 140 valence electrons. The molecular formula is C21H27NO4. The van der Waals surface area contributed by atoms with Gasteiger partial charge >= 0.3 is 0 Å². The van der Waals surface area contributed by atoms with Crippen molar-refractivity contribution in [2.45, 2.75) is 51.7 Å². The summed E-state index contributed by atoms with van der Waals surface area (Å²) in [6.45, 7) is 3.10. The Labute approximate surface area is 154 Å². The number of hydrogen-bond donors (Lipinski definition) is 0. The number of aromatic nitrogens is 1. The van der Waals surface area contributed by atoms with Gasteiger partial charge in [0.1, 0.15) is 18.1 Å². The number of benzene rings is 1. The first-order chi connectivity index (χ1) is 12.7. The Hall–Kier alpha value is -2.43. The van der Waals surface area contributed by atoms with Crippen molar-refractivity contribution in [1.82, 2.24) is 4.57 Å². The molecule has 1 aromatic carbocycles. The summed E-state index contributed by atoms with van der Waals surface area (Å²) in [7, 11) is 1.64. The first-order valence-corrected chi connectivity index (χ1v) is 9.31. The summed E-state index contributed by atoms with van der Waals surface area (Å²) < 4.78 is 19.0. The van der Waals surface area contributed by atoms with Crippen LogP contribution in [0.2, 0.25) is 0 Å². The van der Waals surface area contributed by atoms with Crippen molar-refractivity contribution in [3.05, 3.63) is 52.4 Å². The van der Waals surface area contributed by atoms with Crippen LogP contribution in [0.4, 0.5) is 0 Å². The zero-order valence-corrected chi connectivity index (χ0v) is 15.6. The van der Waals surface area contributed by atoms with Gasteiger partial charge in [0.2, 0.25) is 5.43 Å². The summed E-state index contributed by atoms with van der Waals surface area (Å²) >= 11 is 0. The Morgan fingerprint density at radius 2 is 1.73 bits per heavy atom. The largest absolute Gasteiger partial charge is 0.497 e. The van der Waals surface area contributed by atoms with Crippen LogP contribution in [-0.2, 0) is 6.54 Å². The quantitative estimate of drug-likeness (QED) is 0.753. The van der Waals surface area contributed by atoms with Crippen molar-refractivity contribution in [1.29, 1.82) is 0 Å². The van der Waals surface area contributed by atoms with E-state index in [4.69, 9.17) is 14.2 Å². The number of methoxy groups -OCH3 is 1. The molecule has 3 rings (SSSR count). The van der Waals surface area contributed by atoms with Gasteiger partial charge < -0.3 is 18.8 Å². The summed E-state index contributed by atoms with van der Waals surface area (Å²) in [6, 6.07) is 9.09. The average molecular weight is 357 g/mol. The third-order valence-corrected chi connectivity index (χ3v) is 4.89. The lowest BCUT2D eigenvalue weighted by Crippen LogP contribution is -2.25. The number of rotatable bonds is 7. The molecule has 1 fully saturated rings. The Kier molecular flexibility index (Phi) is 6.21. The van der Waals surface area contributed by atoms with Crippen LogP contribution in [-0.4, -0.2) is 24.4 Å². The van der Waals surface area contributed by atoms with E-state index in [2.05, 4.69) is 0 Å². The van der Waals surface area contributed by atoms with Gasteiger partial charge in [-0.25, -0.2) is 0 Å². The third-order valence-electron chi connectivity index (χ3n) is 4.89. The van der Waals surface area contributed by atoms with Gasteiger partial charge in [-0.2, -0.15) is 0 Å². The summed E-state index contributed by atoms with van der Waals surface area (Å²) in [5, 5.41) is 0. The van der Waals surface area contributed by atoms with Gasteiger partial charge in [-0.15, -0.1) is 0 Å². The molecule has 0 amide bonds. The van der Waals surface area contributed by atoms with Crippen LogP contribution in [0, 0.1) is 6.92 Å². The lowest BCUT2D eigenvalue weighted by atomic mass is 9.98. The SMILES string of the molecule is COc1ccc(OCCn2ccc(=O)c(OC3CCCCC3)c2C)cc1.